The average Bonchev–Trinajstić information content (AvgIpc) is 3.46. The van der Waals surface area contributed by atoms with E-state index < -0.39 is 0 Å². The Labute approximate surface area is 151 Å². The Balaban J connectivity index is 1.70. The molecule has 3 atom stereocenters. The molecule has 0 bridgehead atoms. The van der Waals surface area contributed by atoms with Crippen molar-refractivity contribution in [2.75, 3.05) is 13.2 Å². The lowest BCUT2D eigenvalue weighted by molar-refractivity contribution is -0.174. The standard InChI is InChI=1S/C20H33NO4/c1-2-24-20-16(9-6-12-22)17(14-10-11-14)13-18(25-20)19(23)21-15-7-4-3-5-8-15/h13-17,20,22H,2-12H2,1H3,(H,21,23)/t16-,17+,20+/m0/s1. The zero-order chi connectivity index (χ0) is 17.6. The van der Waals surface area contributed by atoms with Crippen LogP contribution in [0.4, 0.5) is 0 Å². The fraction of sp³-hybridized carbons (Fsp3) is 0.850. The highest BCUT2D eigenvalue weighted by molar-refractivity contribution is 5.91. The highest BCUT2D eigenvalue weighted by atomic mass is 16.7. The van der Waals surface area contributed by atoms with Crippen molar-refractivity contribution in [2.45, 2.75) is 77.0 Å². The van der Waals surface area contributed by atoms with E-state index in [1.807, 2.05) is 13.0 Å². The fourth-order valence-electron chi connectivity index (χ4n) is 4.31. The Kier molecular flexibility index (Phi) is 6.77. The van der Waals surface area contributed by atoms with Crippen molar-refractivity contribution < 1.29 is 19.4 Å². The van der Waals surface area contributed by atoms with Gasteiger partial charge in [-0.1, -0.05) is 19.3 Å². The molecule has 2 N–H and O–H groups in total. The number of nitrogens with one attached hydrogen (secondary N) is 1. The molecule has 25 heavy (non-hydrogen) atoms. The molecule has 3 aliphatic rings. The highest BCUT2D eigenvalue weighted by Crippen LogP contribution is 2.47. The molecule has 2 saturated carbocycles. The van der Waals surface area contributed by atoms with Gasteiger partial charge in [0.25, 0.3) is 5.91 Å². The molecule has 0 aromatic heterocycles. The van der Waals surface area contributed by atoms with Crippen molar-refractivity contribution >= 4 is 5.91 Å². The van der Waals surface area contributed by atoms with E-state index in [9.17, 15) is 9.90 Å². The first-order valence-electron chi connectivity index (χ1n) is 10.1. The Morgan fingerprint density at radius 3 is 2.68 bits per heavy atom. The maximum atomic E-state index is 12.7. The Bertz CT molecular complexity index is 468. The van der Waals surface area contributed by atoms with E-state index in [2.05, 4.69) is 5.32 Å². The molecule has 0 spiro atoms. The van der Waals surface area contributed by atoms with Crippen LogP contribution < -0.4 is 5.32 Å². The van der Waals surface area contributed by atoms with Crippen LogP contribution in [-0.4, -0.2) is 36.6 Å². The van der Waals surface area contributed by atoms with Crippen molar-refractivity contribution in [1.29, 1.82) is 0 Å². The quantitative estimate of drug-likeness (QED) is 0.705. The number of rotatable bonds is 8. The topological polar surface area (TPSA) is 67.8 Å². The number of hydrogen-bond acceptors (Lipinski definition) is 4. The van der Waals surface area contributed by atoms with Gasteiger partial charge in [0, 0.05) is 25.2 Å². The number of aliphatic hydroxyl groups is 1. The third kappa shape index (κ3) is 4.98. The minimum atomic E-state index is -0.376. The van der Waals surface area contributed by atoms with Crippen LogP contribution >= 0.6 is 0 Å². The zero-order valence-corrected chi connectivity index (χ0v) is 15.4. The first-order chi connectivity index (χ1) is 12.2. The first-order valence-corrected chi connectivity index (χ1v) is 10.1. The number of hydrogen-bond donors (Lipinski definition) is 2. The second kappa shape index (κ2) is 9.04. The normalized spacial score (nSPS) is 30.5. The number of amides is 1. The predicted octanol–water partition coefficient (Wildman–Crippen LogP) is 3.13. The summed E-state index contributed by atoms with van der Waals surface area (Å²) in [5, 5.41) is 12.4. The smallest absolute Gasteiger partial charge is 0.286 e. The van der Waals surface area contributed by atoms with Crippen LogP contribution in [0.3, 0.4) is 0 Å². The van der Waals surface area contributed by atoms with Gasteiger partial charge >= 0.3 is 0 Å². The number of aliphatic hydroxyl groups excluding tert-OH is 1. The van der Waals surface area contributed by atoms with Crippen molar-refractivity contribution in [3.63, 3.8) is 0 Å². The van der Waals surface area contributed by atoms with Gasteiger partial charge in [0.15, 0.2) is 5.76 Å². The van der Waals surface area contributed by atoms with Gasteiger partial charge < -0.3 is 19.9 Å². The number of ether oxygens (including phenoxy) is 2. The lowest BCUT2D eigenvalue weighted by Crippen LogP contribution is -2.43. The molecule has 1 heterocycles. The maximum absolute atomic E-state index is 12.7. The summed E-state index contributed by atoms with van der Waals surface area (Å²) in [5.41, 5.74) is 0. The molecule has 0 aromatic carbocycles. The summed E-state index contributed by atoms with van der Waals surface area (Å²) in [5.74, 6) is 1.55. The lowest BCUT2D eigenvalue weighted by atomic mass is 9.82. The molecule has 3 rings (SSSR count). The van der Waals surface area contributed by atoms with Crippen molar-refractivity contribution in [3.05, 3.63) is 11.8 Å². The monoisotopic (exact) mass is 351 g/mol. The van der Waals surface area contributed by atoms with Crippen LogP contribution in [-0.2, 0) is 14.3 Å². The van der Waals surface area contributed by atoms with Gasteiger partial charge in [0.1, 0.15) is 0 Å². The van der Waals surface area contributed by atoms with Crippen molar-refractivity contribution in [3.8, 4) is 0 Å². The van der Waals surface area contributed by atoms with Crippen molar-refractivity contribution in [1.82, 2.24) is 5.32 Å². The molecule has 5 heteroatoms. The van der Waals surface area contributed by atoms with Crippen LogP contribution in [0, 0.1) is 17.8 Å². The zero-order valence-electron chi connectivity index (χ0n) is 15.4. The van der Waals surface area contributed by atoms with E-state index in [1.165, 1.54) is 32.1 Å². The Morgan fingerprint density at radius 1 is 1.28 bits per heavy atom. The molecule has 142 valence electrons. The van der Waals surface area contributed by atoms with Gasteiger partial charge in [-0.05, 0) is 63.4 Å². The molecule has 5 nitrogen and oxygen atoms in total. The van der Waals surface area contributed by atoms with Gasteiger partial charge in [-0.25, -0.2) is 0 Å². The van der Waals surface area contributed by atoms with Crippen LogP contribution in [0.1, 0.15) is 64.7 Å². The third-order valence-electron chi connectivity index (χ3n) is 5.79. The lowest BCUT2D eigenvalue weighted by Gasteiger charge is -2.37. The van der Waals surface area contributed by atoms with E-state index >= 15 is 0 Å². The molecule has 0 radical (unpaired) electrons. The number of carbonyl (C=O) groups is 1. The maximum Gasteiger partial charge on any atom is 0.286 e. The summed E-state index contributed by atoms with van der Waals surface area (Å²) < 4.78 is 11.8. The van der Waals surface area contributed by atoms with E-state index in [-0.39, 0.29) is 30.8 Å². The van der Waals surface area contributed by atoms with Gasteiger partial charge in [-0.15, -0.1) is 0 Å². The van der Waals surface area contributed by atoms with Crippen LogP contribution in [0.15, 0.2) is 11.8 Å². The second-order valence-corrected chi connectivity index (χ2v) is 7.73. The molecule has 0 aromatic rings. The summed E-state index contributed by atoms with van der Waals surface area (Å²) in [6.45, 7) is 2.71. The van der Waals surface area contributed by atoms with Crippen molar-refractivity contribution in [2.24, 2.45) is 17.8 Å². The van der Waals surface area contributed by atoms with Gasteiger partial charge in [0.2, 0.25) is 6.29 Å². The second-order valence-electron chi connectivity index (χ2n) is 7.73. The third-order valence-corrected chi connectivity index (χ3v) is 5.79. The van der Waals surface area contributed by atoms with Crippen LogP contribution in [0.25, 0.3) is 0 Å². The largest absolute Gasteiger partial charge is 0.459 e. The SMILES string of the molecule is CCO[C@@H]1OC(C(=O)NC2CCCCC2)=C[C@H](C2CC2)[C@@H]1CCCO. The van der Waals surface area contributed by atoms with Gasteiger partial charge in [-0.3, -0.25) is 4.79 Å². The fourth-order valence-corrected chi connectivity index (χ4v) is 4.31. The molecule has 2 aliphatic carbocycles. The summed E-state index contributed by atoms with van der Waals surface area (Å²) in [6.07, 6.45) is 11.5. The Hall–Kier alpha value is -1.07. The van der Waals surface area contributed by atoms with Gasteiger partial charge in [-0.2, -0.15) is 0 Å². The summed E-state index contributed by atoms with van der Waals surface area (Å²) in [4.78, 5) is 12.7. The molecule has 1 amide bonds. The highest BCUT2D eigenvalue weighted by Gasteiger charge is 2.44. The predicted molar refractivity (Wildman–Crippen MR) is 95.6 cm³/mol. The molecule has 2 fully saturated rings. The van der Waals surface area contributed by atoms with E-state index in [0.29, 0.717) is 24.2 Å². The number of allylic oxidation sites excluding steroid dienone is 1. The first kappa shape index (κ1) is 18.7. The Morgan fingerprint density at radius 2 is 2.04 bits per heavy atom. The van der Waals surface area contributed by atoms with Gasteiger partial charge in [0.05, 0.1) is 0 Å². The molecular weight excluding hydrogens is 318 g/mol. The summed E-state index contributed by atoms with van der Waals surface area (Å²) in [7, 11) is 0. The van der Waals surface area contributed by atoms with Crippen LogP contribution in [0.5, 0.6) is 0 Å². The summed E-state index contributed by atoms with van der Waals surface area (Å²) in [6, 6.07) is 0.280. The number of carbonyl (C=O) groups excluding carboxylic acids is 1. The van der Waals surface area contributed by atoms with E-state index in [4.69, 9.17) is 9.47 Å². The minimum Gasteiger partial charge on any atom is -0.459 e. The molecule has 0 saturated heterocycles. The van der Waals surface area contributed by atoms with E-state index in [1.54, 1.807) is 0 Å². The summed E-state index contributed by atoms with van der Waals surface area (Å²) >= 11 is 0. The van der Waals surface area contributed by atoms with E-state index in [0.717, 1.165) is 25.7 Å². The molecular formula is C20H33NO4. The molecule has 0 unspecified atom stereocenters. The molecule has 1 aliphatic heterocycles. The minimum absolute atomic E-state index is 0.0807. The average molecular weight is 351 g/mol. The van der Waals surface area contributed by atoms with Crippen LogP contribution in [0.2, 0.25) is 0 Å².